The largest absolute Gasteiger partial charge is 0.480 e. The molecule has 0 aliphatic heterocycles. The summed E-state index contributed by atoms with van der Waals surface area (Å²) in [5.41, 5.74) is 9.36. The molecule has 2 amide bonds. The number of carbonyl (C=O) groups is 2. The highest BCUT2D eigenvalue weighted by molar-refractivity contribution is 5.97. The number of aryl methyl sites for hydroxylation is 3. The number of hydrogen-bond acceptors (Lipinski definition) is 3. The van der Waals surface area contributed by atoms with Gasteiger partial charge in [-0.05, 0) is 57.0 Å². The molecule has 2 rings (SSSR count). The highest BCUT2D eigenvalue weighted by Crippen LogP contribution is 2.22. The summed E-state index contributed by atoms with van der Waals surface area (Å²) in [6.45, 7) is 7.43. The Kier molecular flexibility index (Phi) is 5.24. The summed E-state index contributed by atoms with van der Waals surface area (Å²) in [7, 11) is 0. The monoisotopic (exact) mass is 326 g/mol. The van der Waals surface area contributed by atoms with E-state index in [0.717, 1.165) is 22.4 Å². The lowest BCUT2D eigenvalue weighted by Gasteiger charge is -2.17. The lowest BCUT2D eigenvalue weighted by atomic mass is 10.1. The molecule has 0 heterocycles. The molecule has 5 nitrogen and oxygen atoms in total. The van der Waals surface area contributed by atoms with Crippen LogP contribution >= 0.6 is 0 Å². The number of carbonyl (C=O) groups excluding carboxylic acids is 2. The van der Waals surface area contributed by atoms with Gasteiger partial charge in [0, 0.05) is 5.69 Å². The summed E-state index contributed by atoms with van der Waals surface area (Å²) in [6.07, 6.45) is -0.773. The van der Waals surface area contributed by atoms with Crippen LogP contribution in [0.25, 0.3) is 0 Å². The number of hydrogen-bond donors (Lipinski definition) is 2. The number of nitrogens with one attached hydrogen (secondary N) is 1. The van der Waals surface area contributed by atoms with E-state index in [2.05, 4.69) is 5.32 Å². The molecule has 2 aromatic rings. The maximum absolute atomic E-state index is 12.4. The highest BCUT2D eigenvalue weighted by atomic mass is 16.5. The van der Waals surface area contributed by atoms with Gasteiger partial charge in [-0.1, -0.05) is 23.8 Å². The van der Waals surface area contributed by atoms with Gasteiger partial charge < -0.3 is 15.8 Å². The van der Waals surface area contributed by atoms with Gasteiger partial charge in [0.1, 0.15) is 5.75 Å². The van der Waals surface area contributed by atoms with Crippen LogP contribution < -0.4 is 15.8 Å². The molecule has 0 spiro atoms. The van der Waals surface area contributed by atoms with Crippen LogP contribution in [-0.2, 0) is 4.79 Å². The van der Waals surface area contributed by atoms with Crippen molar-refractivity contribution in [1.82, 2.24) is 0 Å². The lowest BCUT2D eigenvalue weighted by molar-refractivity contribution is -0.122. The first-order valence-electron chi connectivity index (χ1n) is 7.73. The van der Waals surface area contributed by atoms with E-state index >= 15 is 0 Å². The molecule has 0 aliphatic carbocycles. The molecule has 0 aromatic heterocycles. The van der Waals surface area contributed by atoms with Crippen molar-refractivity contribution in [1.29, 1.82) is 0 Å². The van der Waals surface area contributed by atoms with Crippen molar-refractivity contribution in [2.75, 3.05) is 5.32 Å². The van der Waals surface area contributed by atoms with Crippen molar-refractivity contribution in [3.8, 4) is 5.75 Å². The molecule has 0 aliphatic rings. The zero-order valence-electron chi connectivity index (χ0n) is 14.3. The number of primary amides is 1. The van der Waals surface area contributed by atoms with Crippen LogP contribution in [0.15, 0.2) is 36.4 Å². The molecule has 0 bridgehead atoms. The number of rotatable bonds is 5. The van der Waals surface area contributed by atoms with Crippen LogP contribution in [0.4, 0.5) is 5.69 Å². The van der Waals surface area contributed by atoms with E-state index < -0.39 is 12.0 Å². The first kappa shape index (κ1) is 17.5. The smallest absolute Gasteiger partial charge is 0.265 e. The zero-order valence-corrected chi connectivity index (χ0v) is 14.3. The summed E-state index contributed by atoms with van der Waals surface area (Å²) in [5.74, 6) is -0.573. The molecule has 0 radical (unpaired) electrons. The maximum Gasteiger partial charge on any atom is 0.265 e. The second kappa shape index (κ2) is 7.17. The zero-order chi connectivity index (χ0) is 17.9. The van der Waals surface area contributed by atoms with E-state index in [-0.39, 0.29) is 11.5 Å². The van der Waals surface area contributed by atoms with Crippen LogP contribution in [0.3, 0.4) is 0 Å². The molecule has 24 heavy (non-hydrogen) atoms. The summed E-state index contributed by atoms with van der Waals surface area (Å²) in [4.78, 5) is 23.9. The van der Waals surface area contributed by atoms with Gasteiger partial charge in [-0.15, -0.1) is 0 Å². The van der Waals surface area contributed by atoms with Crippen molar-refractivity contribution in [3.05, 3.63) is 58.7 Å². The van der Waals surface area contributed by atoms with Gasteiger partial charge in [0.2, 0.25) is 0 Å². The van der Waals surface area contributed by atoms with E-state index in [1.807, 2.05) is 39.0 Å². The fraction of sp³-hybridized carbons (Fsp3) is 0.263. The van der Waals surface area contributed by atoms with E-state index in [4.69, 9.17) is 10.5 Å². The normalized spacial score (nSPS) is 11.7. The highest BCUT2D eigenvalue weighted by Gasteiger charge is 2.19. The Labute approximate surface area is 141 Å². The quantitative estimate of drug-likeness (QED) is 0.886. The molecule has 5 heteroatoms. The number of benzene rings is 2. The predicted octanol–water partition coefficient (Wildman–Crippen LogP) is 3.12. The maximum atomic E-state index is 12.4. The third-order valence-corrected chi connectivity index (χ3v) is 3.72. The SMILES string of the molecule is Cc1ccc(NC(=O)C(C)Oc2cc(C)ccc2C(N)=O)c(C)c1. The van der Waals surface area contributed by atoms with Crippen molar-refractivity contribution in [2.45, 2.75) is 33.8 Å². The minimum atomic E-state index is -0.773. The van der Waals surface area contributed by atoms with Gasteiger partial charge in [-0.3, -0.25) is 9.59 Å². The predicted molar refractivity (Wildman–Crippen MR) is 94.3 cm³/mol. The van der Waals surface area contributed by atoms with E-state index in [9.17, 15) is 9.59 Å². The number of amides is 2. The molecule has 3 N–H and O–H groups in total. The fourth-order valence-corrected chi connectivity index (χ4v) is 2.36. The third-order valence-electron chi connectivity index (χ3n) is 3.72. The second-order valence-corrected chi connectivity index (χ2v) is 5.93. The van der Waals surface area contributed by atoms with Crippen LogP contribution in [0.5, 0.6) is 5.75 Å². The summed E-state index contributed by atoms with van der Waals surface area (Å²) in [5, 5.41) is 2.84. The van der Waals surface area contributed by atoms with Gasteiger partial charge in [0.15, 0.2) is 6.10 Å². The van der Waals surface area contributed by atoms with E-state index in [1.165, 1.54) is 0 Å². The van der Waals surface area contributed by atoms with Crippen molar-refractivity contribution < 1.29 is 14.3 Å². The molecule has 0 fully saturated rings. The molecule has 0 saturated carbocycles. The van der Waals surface area contributed by atoms with Gasteiger partial charge >= 0.3 is 0 Å². The van der Waals surface area contributed by atoms with E-state index in [0.29, 0.717) is 5.75 Å². The van der Waals surface area contributed by atoms with Gasteiger partial charge in [-0.25, -0.2) is 0 Å². The molecule has 1 unspecified atom stereocenters. The van der Waals surface area contributed by atoms with Gasteiger partial charge in [-0.2, -0.15) is 0 Å². The van der Waals surface area contributed by atoms with Crippen LogP contribution in [0, 0.1) is 20.8 Å². The molecular weight excluding hydrogens is 304 g/mol. The molecule has 0 saturated heterocycles. The van der Waals surface area contributed by atoms with E-state index in [1.54, 1.807) is 25.1 Å². The topological polar surface area (TPSA) is 81.4 Å². The standard InChI is InChI=1S/C19H22N2O3/c1-11-6-8-16(13(3)9-11)21-19(23)14(4)24-17-10-12(2)5-7-15(17)18(20)22/h5-10,14H,1-4H3,(H2,20,22)(H,21,23). The number of anilines is 1. The van der Waals surface area contributed by atoms with Gasteiger partial charge in [0.05, 0.1) is 5.56 Å². The first-order valence-corrected chi connectivity index (χ1v) is 7.73. The Morgan fingerprint density at radius 1 is 1.04 bits per heavy atom. The molecule has 1 atom stereocenters. The third kappa shape index (κ3) is 4.13. The van der Waals surface area contributed by atoms with Gasteiger partial charge in [0.25, 0.3) is 11.8 Å². The average molecular weight is 326 g/mol. The van der Waals surface area contributed by atoms with Crippen molar-refractivity contribution >= 4 is 17.5 Å². The Morgan fingerprint density at radius 3 is 2.29 bits per heavy atom. The molecule has 2 aromatic carbocycles. The first-order chi connectivity index (χ1) is 11.3. The minimum Gasteiger partial charge on any atom is -0.480 e. The van der Waals surface area contributed by atoms with Crippen molar-refractivity contribution in [2.24, 2.45) is 5.73 Å². The Hall–Kier alpha value is -2.82. The number of nitrogens with two attached hydrogens (primary N) is 1. The summed E-state index contributed by atoms with van der Waals surface area (Å²) in [6, 6.07) is 10.8. The number of ether oxygens (including phenoxy) is 1. The summed E-state index contributed by atoms with van der Waals surface area (Å²) >= 11 is 0. The Morgan fingerprint density at radius 2 is 1.67 bits per heavy atom. The van der Waals surface area contributed by atoms with Crippen LogP contribution in [0.1, 0.15) is 34.0 Å². The molecular formula is C19H22N2O3. The van der Waals surface area contributed by atoms with Crippen molar-refractivity contribution in [3.63, 3.8) is 0 Å². The van der Waals surface area contributed by atoms with Crippen LogP contribution in [-0.4, -0.2) is 17.9 Å². The second-order valence-electron chi connectivity index (χ2n) is 5.93. The fourth-order valence-electron chi connectivity index (χ4n) is 2.36. The average Bonchev–Trinajstić information content (AvgIpc) is 2.49. The van der Waals surface area contributed by atoms with Crippen LogP contribution in [0.2, 0.25) is 0 Å². The Bertz CT molecular complexity index is 784. The summed E-state index contributed by atoms with van der Waals surface area (Å²) < 4.78 is 5.67. The lowest BCUT2D eigenvalue weighted by Crippen LogP contribution is -2.31. The minimum absolute atomic E-state index is 0.256. The molecule has 126 valence electrons. The Balaban J connectivity index is 2.14.